The maximum atomic E-state index is 12.0. The van der Waals surface area contributed by atoms with Crippen molar-refractivity contribution in [3.05, 3.63) is 64.9 Å². The highest BCUT2D eigenvalue weighted by molar-refractivity contribution is 6.30. The van der Waals surface area contributed by atoms with Gasteiger partial charge in [0.05, 0.1) is 12.2 Å². The van der Waals surface area contributed by atoms with E-state index in [-0.39, 0.29) is 18.2 Å². The molecule has 2 aromatic rings. The molecule has 25 heavy (non-hydrogen) atoms. The predicted molar refractivity (Wildman–Crippen MR) is 98.1 cm³/mol. The zero-order valence-corrected chi connectivity index (χ0v) is 15.0. The molecule has 1 aromatic heterocycles. The lowest BCUT2D eigenvalue weighted by molar-refractivity contribution is -0.129. The van der Waals surface area contributed by atoms with Gasteiger partial charge in [0.2, 0.25) is 11.8 Å². The number of carbonyl (C=O) groups is 2. The van der Waals surface area contributed by atoms with E-state index >= 15 is 0 Å². The molecule has 0 saturated heterocycles. The van der Waals surface area contributed by atoms with E-state index in [9.17, 15) is 9.59 Å². The third-order valence-corrected chi connectivity index (χ3v) is 4.08. The Kier molecular flexibility index (Phi) is 7.41. The summed E-state index contributed by atoms with van der Waals surface area (Å²) in [5.41, 5.74) is 1.91. The Morgan fingerprint density at radius 2 is 1.88 bits per heavy atom. The molecule has 0 aliphatic heterocycles. The van der Waals surface area contributed by atoms with E-state index in [1.54, 1.807) is 11.1 Å². The lowest BCUT2D eigenvalue weighted by Crippen LogP contribution is -2.35. The third-order valence-electron chi connectivity index (χ3n) is 3.83. The van der Waals surface area contributed by atoms with Crippen LogP contribution in [0.4, 0.5) is 0 Å². The molecule has 0 bridgehead atoms. The molecule has 2 rings (SSSR count). The average Bonchev–Trinajstić information content (AvgIpc) is 2.62. The molecule has 0 atom stereocenters. The fourth-order valence-electron chi connectivity index (χ4n) is 2.36. The Morgan fingerprint density at radius 1 is 1.12 bits per heavy atom. The quantitative estimate of drug-likeness (QED) is 0.788. The highest BCUT2D eigenvalue weighted by Crippen LogP contribution is 2.10. The Hall–Kier alpha value is -2.40. The van der Waals surface area contributed by atoms with Gasteiger partial charge in [-0.05, 0) is 36.2 Å². The summed E-state index contributed by atoms with van der Waals surface area (Å²) in [6, 6.07) is 13.1. The first-order valence-electron chi connectivity index (χ1n) is 8.21. The number of amides is 2. The molecule has 1 heterocycles. The van der Waals surface area contributed by atoms with Gasteiger partial charge in [-0.3, -0.25) is 14.6 Å². The molecule has 6 heteroatoms. The van der Waals surface area contributed by atoms with E-state index in [0.717, 1.165) is 17.7 Å². The monoisotopic (exact) mass is 359 g/mol. The largest absolute Gasteiger partial charge is 0.350 e. The molecular formula is C19H22ClN3O2. The van der Waals surface area contributed by atoms with Crippen molar-refractivity contribution in [2.45, 2.75) is 26.3 Å². The molecule has 0 saturated carbocycles. The number of hydrogen-bond acceptors (Lipinski definition) is 3. The van der Waals surface area contributed by atoms with Crippen LogP contribution >= 0.6 is 11.6 Å². The number of nitrogens with zero attached hydrogens (tertiary/aromatic N) is 2. The van der Waals surface area contributed by atoms with Crippen molar-refractivity contribution in [1.82, 2.24) is 15.2 Å². The summed E-state index contributed by atoms with van der Waals surface area (Å²) >= 11 is 5.87. The second kappa shape index (κ2) is 9.79. The van der Waals surface area contributed by atoms with E-state index in [2.05, 4.69) is 10.3 Å². The summed E-state index contributed by atoms with van der Waals surface area (Å²) in [6.07, 6.45) is 2.69. The highest BCUT2D eigenvalue weighted by Gasteiger charge is 2.11. The minimum atomic E-state index is -0.0941. The van der Waals surface area contributed by atoms with E-state index in [1.165, 1.54) is 6.92 Å². The first-order valence-corrected chi connectivity index (χ1v) is 8.59. The number of benzene rings is 1. The Bertz CT molecular complexity index is 690. The van der Waals surface area contributed by atoms with Crippen molar-refractivity contribution in [2.24, 2.45) is 0 Å². The normalized spacial score (nSPS) is 10.3. The van der Waals surface area contributed by atoms with Gasteiger partial charge in [0.25, 0.3) is 0 Å². The second-order valence-electron chi connectivity index (χ2n) is 5.73. The maximum absolute atomic E-state index is 12.0. The van der Waals surface area contributed by atoms with Crippen molar-refractivity contribution in [1.29, 1.82) is 0 Å². The molecule has 5 nitrogen and oxygen atoms in total. The smallest absolute Gasteiger partial charge is 0.222 e. The molecule has 0 fully saturated rings. The molecule has 0 aliphatic rings. The van der Waals surface area contributed by atoms with Crippen LogP contribution in [0.25, 0.3) is 0 Å². The van der Waals surface area contributed by atoms with Gasteiger partial charge in [-0.2, -0.15) is 0 Å². The number of carbonyl (C=O) groups excluding carboxylic acids is 2. The van der Waals surface area contributed by atoms with E-state index in [1.807, 2.05) is 42.5 Å². The van der Waals surface area contributed by atoms with Gasteiger partial charge in [0.1, 0.15) is 0 Å². The van der Waals surface area contributed by atoms with Crippen molar-refractivity contribution >= 4 is 23.4 Å². The number of nitrogens with one attached hydrogen (secondary N) is 1. The summed E-state index contributed by atoms with van der Waals surface area (Å²) in [5.74, 6) is -0.130. The van der Waals surface area contributed by atoms with Gasteiger partial charge in [-0.15, -0.1) is 0 Å². The van der Waals surface area contributed by atoms with Crippen molar-refractivity contribution in [3.8, 4) is 0 Å². The molecule has 1 N–H and O–H groups in total. The highest BCUT2D eigenvalue weighted by atomic mass is 35.5. The summed E-state index contributed by atoms with van der Waals surface area (Å²) in [5, 5.41) is 3.51. The SMILES string of the molecule is CC(=O)N(CCC(=O)NCc1ccccn1)CCc1ccc(Cl)cc1. The second-order valence-corrected chi connectivity index (χ2v) is 6.17. The van der Waals surface area contributed by atoms with Crippen LogP contribution in [0.1, 0.15) is 24.6 Å². The number of pyridine rings is 1. The molecule has 0 aliphatic carbocycles. The minimum absolute atomic E-state index is 0.0357. The molecule has 0 radical (unpaired) electrons. The van der Waals surface area contributed by atoms with Gasteiger partial charge in [0, 0.05) is 37.7 Å². The number of hydrogen-bond donors (Lipinski definition) is 1. The van der Waals surface area contributed by atoms with Crippen molar-refractivity contribution < 1.29 is 9.59 Å². The number of halogens is 1. The van der Waals surface area contributed by atoms with Gasteiger partial charge in [-0.25, -0.2) is 0 Å². The molecule has 2 amide bonds. The van der Waals surface area contributed by atoms with Gasteiger partial charge >= 0.3 is 0 Å². The molecular weight excluding hydrogens is 338 g/mol. The van der Waals surface area contributed by atoms with Crippen molar-refractivity contribution in [2.75, 3.05) is 13.1 Å². The number of rotatable bonds is 8. The topological polar surface area (TPSA) is 62.3 Å². The van der Waals surface area contributed by atoms with Crippen molar-refractivity contribution in [3.63, 3.8) is 0 Å². The van der Waals surface area contributed by atoms with E-state index in [4.69, 9.17) is 11.6 Å². The molecule has 0 spiro atoms. The first kappa shape index (κ1) is 18.9. The summed E-state index contributed by atoms with van der Waals surface area (Å²) in [4.78, 5) is 29.6. The van der Waals surface area contributed by atoms with E-state index in [0.29, 0.717) is 24.7 Å². The Balaban J connectivity index is 1.75. The minimum Gasteiger partial charge on any atom is -0.350 e. The molecule has 1 aromatic carbocycles. The zero-order chi connectivity index (χ0) is 18.1. The lowest BCUT2D eigenvalue weighted by Gasteiger charge is -2.21. The van der Waals surface area contributed by atoms with Crippen LogP contribution in [0.5, 0.6) is 0 Å². The predicted octanol–water partition coefficient (Wildman–Crippen LogP) is 2.83. The van der Waals surface area contributed by atoms with Crippen LogP contribution in [0.3, 0.4) is 0 Å². The summed E-state index contributed by atoms with van der Waals surface area (Å²) < 4.78 is 0. The average molecular weight is 360 g/mol. The van der Waals surface area contributed by atoms with E-state index < -0.39 is 0 Å². The third kappa shape index (κ3) is 6.93. The van der Waals surface area contributed by atoms with Gasteiger partial charge in [0.15, 0.2) is 0 Å². The van der Waals surface area contributed by atoms with Crippen LogP contribution in [-0.4, -0.2) is 34.8 Å². The fourth-order valence-corrected chi connectivity index (χ4v) is 2.48. The fraction of sp³-hybridized carbons (Fsp3) is 0.316. The van der Waals surface area contributed by atoms with Crippen LogP contribution in [0, 0.1) is 0 Å². The number of aromatic nitrogens is 1. The summed E-state index contributed by atoms with van der Waals surface area (Å²) in [7, 11) is 0. The van der Waals surface area contributed by atoms with Crippen LogP contribution in [0.2, 0.25) is 5.02 Å². The van der Waals surface area contributed by atoms with Crippen LogP contribution in [-0.2, 0) is 22.6 Å². The summed E-state index contributed by atoms with van der Waals surface area (Å²) in [6.45, 7) is 2.89. The molecule has 132 valence electrons. The standard InChI is InChI=1S/C19H22ClN3O2/c1-15(24)23(12-9-16-5-7-17(20)8-6-16)13-10-19(25)22-14-18-4-2-3-11-21-18/h2-8,11H,9-10,12-14H2,1H3,(H,22,25). The van der Waals surface area contributed by atoms with Gasteiger partial charge in [-0.1, -0.05) is 29.8 Å². The Labute approximate surface area is 153 Å². The zero-order valence-electron chi connectivity index (χ0n) is 14.2. The van der Waals surface area contributed by atoms with Crippen LogP contribution < -0.4 is 5.32 Å². The van der Waals surface area contributed by atoms with Crippen LogP contribution in [0.15, 0.2) is 48.7 Å². The first-order chi connectivity index (χ1) is 12.0. The maximum Gasteiger partial charge on any atom is 0.222 e. The Morgan fingerprint density at radius 3 is 2.52 bits per heavy atom. The lowest BCUT2D eigenvalue weighted by atomic mass is 10.1. The van der Waals surface area contributed by atoms with Gasteiger partial charge < -0.3 is 10.2 Å². The molecule has 0 unspecified atom stereocenters.